The molecule has 5 nitrogen and oxygen atoms in total. The van der Waals surface area contributed by atoms with Crippen LogP contribution in [0.3, 0.4) is 0 Å². The number of hydrogen-bond donors (Lipinski definition) is 0. The first kappa shape index (κ1) is 14.9. The SMILES string of the molecule is CC(=O)n1cc([C@@H]2CC(=O)OC3=C2C(=O)CCC3)c2ccccc21. The monoisotopic (exact) mass is 323 g/mol. The zero-order valence-corrected chi connectivity index (χ0v) is 13.4. The molecule has 0 fully saturated rings. The summed E-state index contributed by atoms with van der Waals surface area (Å²) in [5.74, 6) is -0.173. The Morgan fingerprint density at radius 2 is 2.00 bits per heavy atom. The van der Waals surface area contributed by atoms with Crippen molar-refractivity contribution < 1.29 is 19.1 Å². The second kappa shape index (κ2) is 5.44. The number of fused-ring (bicyclic) bond motifs is 1. The standard InChI is InChI=1S/C19H17NO4/c1-11(21)20-10-14(12-5-2-3-6-15(12)20)13-9-18(23)24-17-8-4-7-16(22)19(13)17/h2-3,5-6,10,13H,4,7-9H2,1H3/t13-/m0/s1. The van der Waals surface area contributed by atoms with Crippen molar-refractivity contribution in [3.05, 3.63) is 47.4 Å². The zero-order valence-electron chi connectivity index (χ0n) is 13.4. The molecule has 0 saturated carbocycles. The van der Waals surface area contributed by atoms with Crippen molar-refractivity contribution in [3.8, 4) is 0 Å². The fourth-order valence-corrected chi connectivity index (χ4v) is 3.79. The maximum absolute atomic E-state index is 12.5. The molecule has 1 aliphatic carbocycles. The number of esters is 1. The van der Waals surface area contributed by atoms with Crippen molar-refractivity contribution in [3.63, 3.8) is 0 Å². The lowest BCUT2D eigenvalue weighted by Gasteiger charge is -2.29. The van der Waals surface area contributed by atoms with Gasteiger partial charge in [-0.15, -0.1) is 0 Å². The second-order valence-electron chi connectivity index (χ2n) is 6.33. The molecule has 0 amide bonds. The minimum absolute atomic E-state index is 0.0495. The summed E-state index contributed by atoms with van der Waals surface area (Å²) in [5, 5.41) is 0.901. The van der Waals surface area contributed by atoms with Gasteiger partial charge in [-0.05, 0) is 18.1 Å². The molecule has 1 atom stereocenters. The van der Waals surface area contributed by atoms with Crippen LogP contribution in [0.5, 0.6) is 0 Å². The topological polar surface area (TPSA) is 65.4 Å². The summed E-state index contributed by atoms with van der Waals surface area (Å²) in [7, 11) is 0. The lowest BCUT2D eigenvalue weighted by molar-refractivity contribution is -0.142. The molecular weight excluding hydrogens is 306 g/mol. The fraction of sp³-hybridized carbons (Fsp3) is 0.316. The minimum Gasteiger partial charge on any atom is -0.431 e. The summed E-state index contributed by atoms with van der Waals surface area (Å²) in [5.41, 5.74) is 2.26. The van der Waals surface area contributed by atoms with Crippen LogP contribution in [0.25, 0.3) is 10.9 Å². The van der Waals surface area contributed by atoms with Gasteiger partial charge in [-0.3, -0.25) is 19.0 Å². The van der Waals surface area contributed by atoms with Crippen LogP contribution >= 0.6 is 0 Å². The van der Waals surface area contributed by atoms with Crippen LogP contribution in [0, 0.1) is 0 Å². The number of ether oxygens (including phenoxy) is 1. The van der Waals surface area contributed by atoms with Crippen molar-refractivity contribution >= 4 is 28.6 Å². The summed E-state index contributed by atoms with van der Waals surface area (Å²) in [6, 6.07) is 7.57. The van der Waals surface area contributed by atoms with Gasteiger partial charge in [0, 0.05) is 42.8 Å². The Bertz CT molecular complexity index is 919. The fourth-order valence-electron chi connectivity index (χ4n) is 3.79. The van der Waals surface area contributed by atoms with E-state index in [-0.39, 0.29) is 30.0 Å². The zero-order chi connectivity index (χ0) is 16.8. The van der Waals surface area contributed by atoms with Crippen LogP contribution in [-0.4, -0.2) is 22.2 Å². The van der Waals surface area contributed by atoms with Gasteiger partial charge in [0.25, 0.3) is 0 Å². The van der Waals surface area contributed by atoms with E-state index in [1.54, 1.807) is 10.8 Å². The van der Waals surface area contributed by atoms with Crippen molar-refractivity contribution in [1.29, 1.82) is 0 Å². The summed E-state index contributed by atoms with van der Waals surface area (Å²) in [4.78, 5) is 36.5. The third-order valence-corrected chi connectivity index (χ3v) is 4.82. The number of hydrogen-bond acceptors (Lipinski definition) is 4. The normalized spacial score (nSPS) is 21.0. The summed E-state index contributed by atoms with van der Waals surface area (Å²) >= 11 is 0. The molecule has 2 aliphatic rings. The minimum atomic E-state index is -0.334. The first-order valence-electron chi connectivity index (χ1n) is 8.14. The third-order valence-electron chi connectivity index (χ3n) is 4.82. The van der Waals surface area contributed by atoms with Crippen LogP contribution < -0.4 is 0 Å². The maximum atomic E-state index is 12.5. The van der Waals surface area contributed by atoms with E-state index in [2.05, 4.69) is 0 Å². The molecule has 0 spiro atoms. The number of para-hydroxylation sites is 1. The molecule has 24 heavy (non-hydrogen) atoms. The van der Waals surface area contributed by atoms with E-state index in [4.69, 9.17) is 4.74 Å². The molecule has 1 aromatic carbocycles. The van der Waals surface area contributed by atoms with E-state index in [0.29, 0.717) is 30.6 Å². The van der Waals surface area contributed by atoms with Gasteiger partial charge in [-0.1, -0.05) is 18.2 Å². The first-order chi connectivity index (χ1) is 11.6. The average molecular weight is 323 g/mol. The van der Waals surface area contributed by atoms with Gasteiger partial charge in [0.15, 0.2) is 5.78 Å². The van der Waals surface area contributed by atoms with Gasteiger partial charge in [-0.25, -0.2) is 0 Å². The Balaban J connectivity index is 1.95. The molecule has 1 aromatic heterocycles. The highest BCUT2D eigenvalue weighted by Crippen LogP contribution is 2.42. The van der Waals surface area contributed by atoms with E-state index in [1.165, 1.54) is 6.92 Å². The number of aromatic nitrogens is 1. The summed E-state index contributed by atoms with van der Waals surface area (Å²) in [6.07, 6.45) is 3.72. The number of carbonyl (C=O) groups excluding carboxylic acids is 3. The highest BCUT2D eigenvalue weighted by Gasteiger charge is 2.37. The first-order valence-corrected chi connectivity index (χ1v) is 8.14. The van der Waals surface area contributed by atoms with Gasteiger partial charge in [-0.2, -0.15) is 0 Å². The predicted octanol–water partition coefficient (Wildman–Crippen LogP) is 3.34. The Labute approximate surface area is 138 Å². The Hall–Kier alpha value is -2.69. The molecule has 2 heterocycles. The van der Waals surface area contributed by atoms with Crippen molar-refractivity contribution in [2.75, 3.05) is 0 Å². The molecule has 2 aromatic rings. The van der Waals surface area contributed by atoms with E-state index in [9.17, 15) is 14.4 Å². The largest absolute Gasteiger partial charge is 0.431 e. The molecule has 0 radical (unpaired) electrons. The van der Waals surface area contributed by atoms with E-state index < -0.39 is 0 Å². The highest BCUT2D eigenvalue weighted by atomic mass is 16.5. The number of benzene rings is 1. The molecule has 0 saturated heterocycles. The Kier molecular flexibility index (Phi) is 3.37. The molecular formula is C19H17NO4. The highest BCUT2D eigenvalue weighted by molar-refractivity contribution is 6.02. The lowest BCUT2D eigenvalue weighted by Crippen LogP contribution is -2.27. The summed E-state index contributed by atoms with van der Waals surface area (Å²) in [6.45, 7) is 1.50. The van der Waals surface area contributed by atoms with E-state index in [0.717, 1.165) is 16.5 Å². The lowest BCUT2D eigenvalue weighted by atomic mass is 9.79. The molecule has 0 N–H and O–H groups in total. The number of nitrogens with zero attached hydrogens (tertiary/aromatic N) is 1. The van der Waals surface area contributed by atoms with Gasteiger partial charge in [0.2, 0.25) is 5.91 Å². The maximum Gasteiger partial charge on any atom is 0.311 e. The van der Waals surface area contributed by atoms with Crippen LogP contribution in [0.4, 0.5) is 0 Å². The predicted molar refractivity (Wildman–Crippen MR) is 87.6 cm³/mol. The molecule has 0 bridgehead atoms. The Morgan fingerprint density at radius 3 is 2.79 bits per heavy atom. The van der Waals surface area contributed by atoms with E-state index >= 15 is 0 Å². The molecule has 5 heteroatoms. The van der Waals surface area contributed by atoms with Crippen LogP contribution in [0.2, 0.25) is 0 Å². The molecule has 0 unspecified atom stereocenters. The third kappa shape index (κ3) is 2.19. The van der Waals surface area contributed by atoms with Crippen LogP contribution in [0.15, 0.2) is 41.8 Å². The van der Waals surface area contributed by atoms with Crippen LogP contribution in [0.1, 0.15) is 48.9 Å². The van der Waals surface area contributed by atoms with Crippen molar-refractivity contribution in [2.45, 2.75) is 38.5 Å². The number of carbonyl (C=O) groups is 3. The molecule has 122 valence electrons. The van der Waals surface area contributed by atoms with Gasteiger partial charge in [0.1, 0.15) is 5.76 Å². The smallest absolute Gasteiger partial charge is 0.311 e. The van der Waals surface area contributed by atoms with Crippen molar-refractivity contribution in [2.24, 2.45) is 0 Å². The van der Waals surface area contributed by atoms with Gasteiger partial charge >= 0.3 is 5.97 Å². The number of rotatable bonds is 1. The molecule has 4 rings (SSSR count). The van der Waals surface area contributed by atoms with Crippen molar-refractivity contribution in [1.82, 2.24) is 4.57 Å². The number of ketones is 1. The average Bonchev–Trinajstić information content (AvgIpc) is 2.94. The number of allylic oxidation sites excluding steroid dienone is 2. The number of Topliss-reactive ketones (excluding diaryl/α,β-unsaturated/α-hetero) is 1. The quantitative estimate of drug-likeness (QED) is 0.755. The molecule has 1 aliphatic heterocycles. The van der Waals surface area contributed by atoms with E-state index in [1.807, 2.05) is 24.3 Å². The van der Waals surface area contributed by atoms with Gasteiger partial charge < -0.3 is 4.74 Å². The summed E-state index contributed by atoms with van der Waals surface area (Å²) < 4.78 is 6.91. The van der Waals surface area contributed by atoms with Crippen LogP contribution in [-0.2, 0) is 14.3 Å². The second-order valence-corrected chi connectivity index (χ2v) is 6.33. The Morgan fingerprint density at radius 1 is 1.21 bits per heavy atom. The van der Waals surface area contributed by atoms with Gasteiger partial charge in [0.05, 0.1) is 11.9 Å².